The van der Waals surface area contributed by atoms with Gasteiger partial charge in [0, 0.05) is 26.2 Å². The number of furan rings is 1. The van der Waals surface area contributed by atoms with Gasteiger partial charge in [-0.05, 0) is 24.3 Å². The van der Waals surface area contributed by atoms with E-state index < -0.39 is 6.09 Å². The van der Waals surface area contributed by atoms with Gasteiger partial charge in [-0.15, -0.1) is 0 Å². The molecule has 2 heterocycles. The molecule has 1 saturated heterocycles. The largest absolute Gasteiger partial charge is 0.467 e. The van der Waals surface area contributed by atoms with Crippen molar-refractivity contribution in [3.63, 3.8) is 0 Å². The maximum absolute atomic E-state index is 11.0. The third-order valence-electron chi connectivity index (χ3n) is 4.01. The number of anilines is 3. The zero-order valence-electron chi connectivity index (χ0n) is 12.7. The van der Waals surface area contributed by atoms with Crippen LogP contribution < -0.4 is 16.0 Å². The maximum Gasteiger partial charge on any atom is 0.407 e. The molecule has 23 heavy (non-hydrogen) atoms. The zero-order chi connectivity index (χ0) is 16.2. The van der Waals surface area contributed by atoms with Gasteiger partial charge in [-0.1, -0.05) is 6.07 Å². The first kappa shape index (κ1) is 15.1. The minimum absolute atomic E-state index is 0.485. The van der Waals surface area contributed by atoms with Gasteiger partial charge in [-0.2, -0.15) is 0 Å². The summed E-state index contributed by atoms with van der Waals surface area (Å²) in [4.78, 5) is 14.5. The van der Waals surface area contributed by atoms with Crippen LogP contribution in [0.1, 0.15) is 5.76 Å². The minimum Gasteiger partial charge on any atom is -0.467 e. The highest BCUT2D eigenvalue weighted by Gasteiger charge is 2.22. The fraction of sp³-hybridized carbons (Fsp3) is 0.312. The molecule has 0 radical (unpaired) electrons. The van der Waals surface area contributed by atoms with Gasteiger partial charge in [0.15, 0.2) is 0 Å². The van der Waals surface area contributed by atoms with Gasteiger partial charge in [0.2, 0.25) is 0 Å². The molecule has 1 amide bonds. The Morgan fingerprint density at radius 1 is 1.22 bits per heavy atom. The zero-order valence-corrected chi connectivity index (χ0v) is 12.7. The van der Waals surface area contributed by atoms with Crippen LogP contribution in [0.5, 0.6) is 0 Å². The number of piperazine rings is 1. The van der Waals surface area contributed by atoms with Gasteiger partial charge in [-0.25, -0.2) is 4.79 Å². The molecule has 0 aliphatic carbocycles. The van der Waals surface area contributed by atoms with Crippen molar-refractivity contribution in [3.8, 4) is 0 Å². The standard InChI is InChI=1S/C16H20N4O3/c17-15-13(18-11-12-3-2-10-23-12)4-1-5-14(15)19-6-8-20(9-7-19)16(21)22/h1-5,10,18H,6-9,11,17H2,(H,21,22). The molecular weight excluding hydrogens is 296 g/mol. The highest BCUT2D eigenvalue weighted by Crippen LogP contribution is 2.31. The molecule has 7 heteroatoms. The lowest BCUT2D eigenvalue weighted by Gasteiger charge is -2.35. The molecule has 1 aliphatic heterocycles. The first-order valence-electron chi connectivity index (χ1n) is 7.52. The van der Waals surface area contributed by atoms with Gasteiger partial charge >= 0.3 is 6.09 Å². The van der Waals surface area contributed by atoms with Crippen LogP contribution >= 0.6 is 0 Å². The van der Waals surface area contributed by atoms with E-state index in [9.17, 15) is 4.79 Å². The number of hydrogen-bond acceptors (Lipinski definition) is 5. The average Bonchev–Trinajstić information content (AvgIpc) is 3.07. The van der Waals surface area contributed by atoms with E-state index in [4.69, 9.17) is 15.3 Å². The summed E-state index contributed by atoms with van der Waals surface area (Å²) in [7, 11) is 0. The summed E-state index contributed by atoms with van der Waals surface area (Å²) in [6.07, 6.45) is 0.769. The van der Waals surface area contributed by atoms with Gasteiger partial charge in [0.25, 0.3) is 0 Å². The maximum atomic E-state index is 11.0. The lowest BCUT2D eigenvalue weighted by molar-refractivity contribution is 0.142. The summed E-state index contributed by atoms with van der Waals surface area (Å²) in [5.74, 6) is 0.838. The summed E-state index contributed by atoms with van der Waals surface area (Å²) in [6.45, 7) is 2.81. The summed E-state index contributed by atoms with van der Waals surface area (Å²) in [6, 6.07) is 9.58. The highest BCUT2D eigenvalue weighted by atomic mass is 16.4. The SMILES string of the molecule is Nc1c(NCc2ccco2)cccc1N1CCN(C(=O)O)CC1. The van der Waals surface area contributed by atoms with E-state index in [0.717, 1.165) is 17.1 Å². The van der Waals surface area contributed by atoms with Crippen LogP contribution in [0.15, 0.2) is 41.0 Å². The fourth-order valence-electron chi connectivity index (χ4n) is 2.72. The number of nitrogens with zero attached hydrogens (tertiary/aromatic N) is 2. The van der Waals surface area contributed by atoms with E-state index in [2.05, 4.69) is 10.2 Å². The third-order valence-corrected chi connectivity index (χ3v) is 4.01. The van der Waals surface area contributed by atoms with E-state index in [0.29, 0.717) is 38.4 Å². The van der Waals surface area contributed by atoms with Gasteiger partial charge < -0.3 is 30.4 Å². The van der Waals surface area contributed by atoms with Crippen molar-refractivity contribution in [2.45, 2.75) is 6.54 Å². The molecule has 2 aromatic rings. The molecule has 1 aliphatic rings. The molecule has 1 aromatic heterocycles. The summed E-state index contributed by atoms with van der Waals surface area (Å²) < 4.78 is 5.30. The molecule has 1 fully saturated rings. The molecule has 0 spiro atoms. The Kier molecular flexibility index (Phi) is 4.27. The number of benzene rings is 1. The molecule has 7 nitrogen and oxygen atoms in total. The second-order valence-corrected chi connectivity index (χ2v) is 5.43. The number of rotatable bonds is 4. The van der Waals surface area contributed by atoms with Crippen LogP contribution in [0.25, 0.3) is 0 Å². The first-order chi connectivity index (χ1) is 11.1. The van der Waals surface area contributed by atoms with E-state index >= 15 is 0 Å². The predicted octanol–water partition coefficient (Wildman–Crippen LogP) is 2.27. The summed E-state index contributed by atoms with van der Waals surface area (Å²) in [5, 5.41) is 12.3. The number of amides is 1. The molecule has 0 saturated carbocycles. The van der Waals surface area contributed by atoms with Crippen molar-refractivity contribution in [2.24, 2.45) is 0 Å². The first-order valence-corrected chi connectivity index (χ1v) is 7.52. The molecule has 0 atom stereocenters. The van der Waals surface area contributed by atoms with Crippen LogP contribution in [-0.2, 0) is 6.54 Å². The Morgan fingerprint density at radius 3 is 2.65 bits per heavy atom. The van der Waals surface area contributed by atoms with Crippen molar-refractivity contribution < 1.29 is 14.3 Å². The number of nitrogen functional groups attached to an aromatic ring is 1. The summed E-state index contributed by atoms with van der Waals surface area (Å²) >= 11 is 0. The van der Waals surface area contributed by atoms with Crippen molar-refractivity contribution in [1.29, 1.82) is 0 Å². The number of hydrogen-bond donors (Lipinski definition) is 3. The van der Waals surface area contributed by atoms with Gasteiger partial charge in [0.05, 0.1) is 29.9 Å². The summed E-state index contributed by atoms with van der Waals surface area (Å²) in [5.41, 5.74) is 8.73. The highest BCUT2D eigenvalue weighted by molar-refractivity contribution is 5.81. The monoisotopic (exact) mass is 316 g/mol. The Bertz CT molecular complexity index is 664. The third kappa shape index (κ3) is 3.33. The van der Waals surface area contributed by atoms with Crippen LogP contribution in [0.3, 0.4) is 0 Å². The number of carboxylic acid groups (broad SMARTS) is 1. The molecule has 0 bridgehead atoms. The normalized spacial score (nSPS) is 14.8. The molecular formula is C16H20N4O3. The quantitative estimate of drug-likeness (QED) is 0.749. The van der Waals surface area contributed by atoms with Crippen LogP contribution in [0.4, 0.5) is 21.9 Å². The molecule has 1 aromatic carbocycles. The minimum atomic E-state index is -0.869. The van der Waals surface area contributed by atoms with Crippen molar-refractivity contribution >= 4 is 23.2 Å². The Hall–Kier alpha value is -2.83. The second-order valence-electron chi connectivity index (χ2n) is 5.43. The average molecular weight is 316 g/mol. The molecule has 4 N–H and O–H groups in total. The van der Waals surface area contributed by atoms with Gasteiger partial charge in [-0.3, -0.25) is 0 Å². The number of nitrogens with one attached hydrogen (secondary N) is 1. The lowest BCUT2D eigenvalue weighted by Crippen LogP contribution is -2.48. The molecule has 122 valence electrons. The van der Waals surface area contributed by atoms with Gasteiger partial charge in [0.1, 0.15) is 5.76 Å². The second kappa shape index (κ2) is 6.51. The number of carbonyl (C=O) groups is 1. The van der Waals surface area contributed by atoms with E-state index in [1.807, 2.05) is 30.3 Å². The molecule has 0 unspecified atom stereocenters. The van der Waals surface area contributed by atoms with Crippen molar-refractivity contribution in [2.75, 3.05) is 42.1 Å². The Morgan fingerprint density at radius 2 is 2.00 bits per heavy atom. The van der Waals surface area contributed by atoms with E-state index in [-0.39, 0.29) is 0 Å². The van der Waals surface area contributed by atoms with Crippen LogP contribution in [0, 0.1) is 0 Å². The Balaban J connectivity index is 1.68. The van der Waals surface area contributed by atoms with E-state index in [1.165, 1.54) is 4.90 Å². The predicted molar refractivity (Wildman–Crippen MR) is 88.7 cm³/mol. The van der Waals surface area contributed by atoms with Crippen molar-refractivity contribution in [1.82, 2.24) is 4.90 Å². The van der Waals surface area contributed by atoms with E-state index in [1.54, 1.807) is 6.26 Å². The number of nitrogens with two attached hydrogens (primary N) is 1. The smallest absolute Gasteiger partial charge is 0.407 e. The topological polar surface area (TPSA) is 95.0 Å². The Labute approximate surface area is 134 Å². The number of para-hydroxylation sites is 1. The van der Waals surface area contributed by atoms with Crippen molar-refractivity contribution in [3.05, 3.63) is 42.4 Å². The fourth-order valence-corrected chi connectivity index (χ4v) is 2.72. The van der Waals surface area contributed by atoms with Crippen LogP contribution in [-0.4, -0.2) is 42.3 Å². The lowest BCUT2D eigenvalue weighted by atomic mass is 10.2. The molecule has 3 rings (SSSR count). The van der Waals surface area contributed by atoms with Crippen LogP contribution in [0.2, 0.25) is 0 Å².